The van der Waals surface area contributed by atoms with Crippen LogP contribution >= 0.6 is 11.3 Å². The molecule has 1 heterocycles. The smallest absolute Gasteiger partial charge is 0.251 e. The van der Waals surface area contributed by atoms with Crippen molar-refractivity contribution in [3.05, 3.63) is 94.5 Å². The molecular weight excluding hydrogens is 482 g/mol. The highest BCUT2D eigenvalue weighted by Crippen LogP contribution is 2.30. The first-order valence-electron chi connectivity index (χ1n) is 10.9. The molecule has 0 fully saturated rings. The third-order valence-corrected chi connectivity index (χ3v) is 7.57. The van der Waals surface area contributed by atoms with Crippen LogP contribution in [0.25, 0.3) is 10.2 Å². The van der Waals surface area contributed by atoms with Gasteiger partial charge in [-0.05, 0) is 42.3 Å². The average molecular weight is 508 g/mol. The minimum Gasteiger partial charge on any atom is -0.593 e. The third kappa shape index (κ3) is 6.24. The first kappa shape index (κ1) is 24.8. The van der Waals surface area contributed by atoms with Gasteiger partial charge in [0.05, 0.1) is 28.2 Å². The predicted molar refractivity (Wildman–Crippen MR) is 139 cm³/mol. The number of carbonyl (C=O) groups is 1. The fraction of sp³-hybridized carbons (Fsp3) is 0.160. The number of rotatable bonds is 10. The average Bonchev–Trinajstić information content (AvgIpc) is 3.31. The number of amides is 1. The normalized spacial score (nSPS) is 12.9. The van der Waals surface area contributed by atoms with Gasteiger partial charge < -0.3 is 20.7 Å². The zero-order chi connectivity index (χ0) is 24.8. The van der Waals surface area contributed by atoms with E-state index in [2.05, 4.69) is 10.0 Å². The van der Waals surface area contributed by atoms with E-state index in [0.29, 0.717) is 22.4 Å². The van der Waals surface area contributed by atoms with Gasteiger partial charge in [-0.1, -0.05) is 36.4 Å². The first-order chi connectivity index (χ1) is 16.9. The number of carbonyl (C=O) groups excluding carboxylic acids is 1. The number of aromatic nitrogens is 1. The van der Waals surface area contributed by atoms with E-state index in [1.54, 1.807) is 30.3 Å². The summed E-state index contributed by atoms with van der Waals surface area (Å²) >= 11 is -0.109. The fourth-order valence-corrected chi connectivity index (χ4v) is 5.66. The summed E-state index contributed by atoms with van der Waals surface area (Å²) in [5, 5.41) is 20.0. The lowest BCUT2D eigenvalue weighted by atomic mass is 10.0. The Balaban J connectivity index is 1.62. The molecule has 0 aliphatic rings. The van der Waals surface area contributed by atoms with Crippen molar-refractivity contribution in [1.29, 1.82) is 5.41 Å². The molecule has 35 heavy (non-hydrogen) atoms. The molecule has 2 unspecified atom stereocenters. The number of fused-ring (bicyclic) bond motifs is 1. The Morgan fingerprint density at radius 2 is 1.89 bits per heavy atom. The number of hydrogen-bond donors (Lipinski definition) is 5. The van der Waals surface area contributed by atoms with Gasteiger partial charge in [0.15, 0.2) is 4.90 Å². The number of hydrogen-bond acceptors (Lipinski definition) is 7. The van der Waals surface area contributed by atoms with E-state index >= 15 is 0 Å². The van der Waals surface area contributed by atoms with Crippen LogP contribution in [0.3, 0.4) is 0 Å². The second-order valence-corrected chi connectivity index (χ2v) is 10.1. The third-order valence-electron chi connectivity index (χ3n) is 5.24. The van der Waals surface area contributed by atoms with Crippen molar-refractivity contribution in [1.82, 2.24) is 15.0 Å². The lowest BCUT2D eigenvalue weighted by molar-refractivity contribution is 0.0944. The zero-order valence-electron chi connectivity index (χ0n) is 18.7. The van der Waals surface area contributed by atoms with Crippen molar-refractivity contribution in [2.24, 2.45) is 5.73 Å². The number of nitrogens with zero attached hydrogens (tertiary/aromatic N) is 1. The van der Waals surface area contributed by atoms with E-state index in [0.717, 1.165) is 20.8 Å². The van der Waals surface area contributed by atoms with E-state index in [1.807, 2.05) is 42.5 Å². The van der Waals surface area contributed by atoms with Crippen LogP contribution in [0.5, 0.6) is 0 Å². The monoisotopic (exact) mass is 507 g/mol. The Hall–Kier alpha value is -3.28. The van der Waals surface area contributed by atoms with Gasteiger partial charge in [0.2, 0.25) is 0 Å². The highest BCUT2D eigenvalue weighted by Gasteiger charge is 2.25. The van der Waals surface area contributed by atoms with E-state index in [9.17, 15) is 9.35 Å². The van der Waals surface area contributed by atoms with Gasteiger partial charge in [0.1, 0.15) is 16.9 Å². The molecule has 0 spiro atoms. The van der Waals surface area contributed by atoms with Crippen LogP contribution in [-0.4, -0.2) is 39.5 Å². The molecule has 180 valence electrons. The number of aliphatic hydroxyl groups excluding tert-OH is 1. The number of nitrogens with one attached hydrogen (secondary N) is 3. The second-order valence-electron chi connectivity index (χ2n) is 7.78. The molecule has 0 radical (unpaired) electrons. The van der Waals surface area contributed by atoms with Gasteiger partial charge >= 0.3 is 0 Å². The highest BCUT2D eigenvalue weighted by molar-refractivity contribution is 7.89. The molecule has 6 N–H and O–H groups in total. The summed E-state index contributed by atoms with van der Waals surface area (Å²) in [4.78, 5) is 17.5. The summed E-state index contributed by atoms with van der Waals surface area (Å²) in [6.45, 7) is -0.0169. The summed E-state index contributed by atoms with van der Waals surface area (Å²) in [6, 6.07) is 21.4. The first-order valence-corrected chi connectivity index (χ1v) is 12.9. The molecule has 4 aromatic rings. The minimum absolute atomic E-state index is 0.0174. The molecular formula is C25H25N5O3S2. The van der Waals surface area contributed by atoms with Gasteiger partial charge in [0.25, 0.3) is 5.91 Å². The standard InChI is InChI=1S/C25H25N5O3S2/c26-23(27)17-6-3-5-16(13-17)14-21(25-29-20-9-1-2-10-22(20)34-25)30-35(33)19-8-4-7-18(15-19)24(32)28-11-12-31/h1-10,13,15,21,30-31H,11-12,14H2,(H3,26,27)(H,28,32). The topological polar surface area (TPSA) is 147 Å². The van der Waals surface area contributed by atoms with Gasteiger partial charge in [-0.2, -0.15) is 0 Å². The Labute approximate surface area is 210 Å². The van der Waals surface area contributed by atoms with Crippen LogP contribution in [0, 0.1) is 5.41 Å². The number of nitrogens with two attached hydrogens (primary N) is 1. The number of thiazole rings is 1. The molecule has 2 atom stereocenters. The van der Waals surface area contributed by atoms with Crippen LogP contribution < -0.4 is 15.8 Å². The van der Waals surface area contributed by atoms with Gasteiger partial charge in [0, 0.05) is 23.7 Å². The van der Waals surface area contributed by atoms with Crippen LogP contribution in [0.2, 0.25) is 0 Å². The predicted octanol–water partition coefficient (Wildman–Crippen LogP) is 2.90. The van der Waals surface area contributed by atoms with Crippen molar-refractivity contribution < 1.29 is 14.5 Å². The van der Waals surface area contributed by atoms with E-state index in [-0.39, 0.29) is 30.9 Å². The zero-order valence-corrected chi connectivity index (χ0v) is 20.4. The molecule has 1 aromatic heterocycles. The van der Waals surface area contributed by atoms with Crippen molar-refractivity contribution in [2.45, 2.75) is 17.4 Å². The lowest BCUT2D eigenvalue weighted by Crippen LogP contribution is -2.31. The molecule has 0 saturated carbocycles. The van der Waals surface area contributed by atoms with Crippen LogP contribution in [0.15, 0.2) is 77.7 Å². The minimum atomic E-state index is -1.64. The molecule has 0 bridgehead atoms. The van der Waals surface area contributed by atoms with Crippen molar-refractivity contribution in [3.8, 4) is 0 Å². The number of benzene rings is 3. The number of aliphatic hydroxyl groups is 1. The van der Waals surface area contributed by atoms with Crippen LogP contribution in [0.1, 0.15) is 32.5 Å². The summed E-state index contributed by atoms with van der Waals surface area (Å²) in [5.41, 5.74) is 8.43. The number of amidine groups is 1. The van der Waals surface area contributed by atoms with Gasteiger partial charge in [-0.3, -0.25) is 10.2 Å². The quantitative estimate of drug-likeness (QED) is 0.127. The molecule has 0 aliphatic heterocycles. The molecule has 10 heteroatoms. The molecule has 8 nitrogen and oxygen atoms in total. The summed E-state index contributed by atoms with van der Waals surface area (Å²) in [5.74, 6) is -0.363. The fourth-order valence-electron chi connectivity index (χ4n) is 3.54. The maximum atomic E-state index is 13.3. The van der Waals surface area contributed by atoms with Gasteiger partial charge in [-0.15, -0.1) is 16.1 Å². The summed E-state index contributed by atoms with van der Waals surface area (Å²) in [7, 11) is 0. The maximum Gasteiger partial charge on any atom is 0.251 e. The highest BCUT2D eigenvalue weighted by atomic mass is 32.2. The largest absolute Gasteiger partial charge is 0.593 e. The second kappa shape index (κ2) is 11.4. The van der Waals surface area contributed by atoms with Crippen molar-refractivity contribution in [3.63, 3.8) is 0 Å². The molecule has 3 aromatic carbocycles. The van der Waals surface area contributed by atoms with Crippen molar-refractivity contribution in [2.75, 3.05) is 13.2 Å². The Kier molecular flexibility index (Phi) is 8.11. The summed E-state index contributed by atoms with van der Waals surface area (Å²) in [6.07, 6.45) is 0.476. The Morgan fingerprint density at radius 1 is 1.11 bits per heavy atom. The number of para-hydroxylation sites is 1. The molecule has 1 amide bonds. The Morgan fingerprint density at radius 3 is 2.66 bits per heavy atom. The van der Waals surface area contributed by atoms with Crippen molar-refractivity contribution >= 4 is 44.7 Å². The van der Waals surface area contributed by atoms with Gasteiger partial charge in [-0.25, -0.2) is 4.98 Å². The maximum absolute atomic E-state index is 13.3. The lowest BCUT2D eigenvalue weighted by Gasteiger charge is -2.19. The van der Waals surface area contributed by atoms with Crippen LogP contribution in [0.4, 0.5) is 0 Å². The molecule has 0 aliphatic carbocycles. The molecule has 4 rings (SSSR count). The van der Waals surface area contributed by atoms with E-state index < -0.39 is 11.4 Å². The summed E-state index contributed by atoms with van der Waals surface area (Å²) < 4.78 is 17.6. The van der Waals surface area contributed by atoms with E-state index in [1.165, 1.54) is 11.3 Å². The van der Waals surface area contributed by atoms with Crippen LogP contribution in [-0.2, 0) is 17.8 Å². The SMILES string of the molecule is N=C(N)c1cccc(CC(N[S+]([O-])c2cccc(C(=O)NCCO)c2)c2nc3ccccc3s2)c1. The molecule has 0 saturated heterocycles. The Bertz CT molecular complexity index is 1310. The van der Waals surface area contributed by atoms with E-state index in [4.69, 9.17) is 21.2 Å². The number of nitrogen functional groups attached to an aromatic ring is 1.